The van der Waals surface area contributed by atoms with Gasteiger partial charge in [-0.1, -0.05) is 35.9 Å². The monoisotopic (exact) mass is 326 g/mol. The van der Waals surface area contributed by atoms with Crippen LogP contribution in [0.15, 0.2) is 47.1 Å². The van der Waals surface area contributed by atoms with E-state index >= 15 is 0 Å². The summed E-state index contributed by atoms with van der Waals surface area (Å²) in [4.78, 5) is 29.0. The lowest BCUT2D eigenvalue weighted by molar-refractivity contribution is 0.0699. The normalized spacial score (nSPS) is 10.8. The van der Waals surface area contributed by atoms with Crippen molar-refractivity contribution in [2.75, 3.05) is 0 Å². The van der Waals surface area contributed by atoms with Crippen molar-refractivity contribution in [3.63, 3.8) is 0 Å². The van der Waals surface area contributed by atoms with Crippen molar-refractivity contribution in [2.45, 2.75) is 13.5 Å². The Balaban J connectivity index is 2.36. The molecule has 116 valence electrons. The fourth-order valence-electron chi connectivity index (χ4n) is 2.40. The third kappa shape index (κ3) is 2.57. The predicted molar refractivity (Wildman–Crippen MR) is 91.2 cm³/mol. The molecule has 2 aromatic heterocycles. The molecule has 0 radical (unpaired) electrons. The molecule has 23 heavy (non-hydrogen) atoms. The van der Waals surface area contributed by atoms with Crippen LogP contribution in [0, 0.1) is 6.92 Å². The number of aromatic carboxylic acids is 1. The Morgan fingerprint density at radius 2 is 2.09 bits per heavy atom. The van der Waals surface area contributed by atoms with E-state index in [0.29, 0.717) is 10.7 Å². The molecule has 0 aliphatic heterocycles. The number of carbonyl (C=O) groups is 1. The Hall–Kier alpha value is -2.73. The van der Waals surface area contributed by atoms with Gasteiger partial charge in [-0.2, -0.15) is 0 Å². The molecule has 0 atom stereocenters. The maximum Gasteiger partial charge on any atom is 0.337 e. The number of benzene rings is 1. The maximum atomic E-state index is 12.8. The van der Waals surface area contributed by atoms with Crippen LogP contribution in [-0.4, -0.2) is 20.6 Å². The zero-order chi connectivity index (χ0) is 16.6. The van der Waals surface area contributed by atoms with Crippen LogP contribution in [-0.2, 0) is 6.54 Å². The van der Waals surface area contributed by atoms with Crippen LogP contribution >= 0.6 is 11.3 Å². The number of carboxylic acid groups (broad SMARTS) is 1. The van der Waals surface area contributed by atoms with Gasteiger partial charge in [-0.3, -0.25) is 9.36 Å². The summed E-state index contributed by atoms with van der Waals surface area (Å²) >= 11 is 1.16. The highest BCUT2D eigenvalue weighted by atomic mass is 32.1. The fraction of sp³-hybridized carbons (Fsp3) is 0.118. The average Bonchev–Trinajstić information content (AvgIpc) is 2.95. The van der Waals surface area contributed by atoms with Crippen molar-refractivity contribution in [3.05, 3.63) is 63.8 Å². The van der Waals surface area contributed by atoms with Gasteiger partial charge in [-0.25, -0.2) is 9.78 Å². The molecule has 0 aliphatic carbocycles. The van der Waals surface area contributed by atoms with Gasteiger partial charge in [0.05, 0.1) is 10.9 Å². The topological polar surface area (TPSA) is 72.2 Å². The molecule has 0 saturated carbocycles. The van der Waals surface area contributed by atoms with Gasteiger partial charge in [0, 0.05) is 17.5 Å². The van der Waals surface area contributed by atoms with Gasteiger partial charge in [0.15, 0.2) is 0 Å². The molecule has 0 amide bonds. The predicted octanol–water partition coefficient (Wildman–Crippen LogP) is 3.32. The van der Waals surface area contributed by atoms with E-state index in [2.05, 4.69) is 11.6 Å². The first-order valence-corrected chi connectivity index (χ1v) is 7.84. The van der Waals surface area contributed by atoms with E-state index in [9.17, 15) is 14.7 Å². The second-order valence-electron chi connectivity index (χ2n) is 5.14. The number of thiophene rings is 1. The third-order valence-corrected chi connectivity index (χ3v) is 4.42. The Bertz CT molecular complexity index is 968. The average molecular weight is 326 g/mol. The molecule has 3 rings (SSSR count). The van der Waals surface area contributed by atoms with Crippen molar-refractivity contribution in [1.82, 2.24) is 9.55 Å². The summed E-state index contributed by atoms with van der Waals surface area (Å²) in [6.45, 7) is 5.92. The number of hydrogen-bond acceptors (Lipinski definition) is 4. The van der Waals surface area contributed by atoms with Crippen LogP contribution in [0.2, 0.25) is 0 Å². The summed E-state index contributed by atoms with van der Waals surface area (Å²) < 4.78 is 1.46. The summed E-state index contributed by atoms with van der Waals surface area (Å²) in [6, 6.07) is 7.69. The summed E-state index contributed by atoms with van der Waals surface area (Å²) in [5.41, 5.74) is 1.55. The number of carboxylic acids is 1. The second kappa shape index (κ2) is 5.81. The first-order chi connectivity index (χ1) is 11.0. The molecule has 0 unspecified atom stereocenters. The van der Waals surface area contributed by atoms with E-state index in [1.54, 1.807) is 6.08 Å². The summed E-state index contributed by atoms with van der Waals surface area (Å²) in [5.74, 6) is -0.607. The van der Waals surface area contributed by atoms with E-state index in [1.807, 2.05) is 31.2 Å². The van der Waals surface area contributed by atoms with Gasteiger partial charge < -0.3 is 5.11 Å². The van der Waals surface area contributed by atoms with Crippen molar-refractivity contribution < 1.29 is 9.90 Å². The smallest absolute Gasteiger partial charge is 0.337 e. The largest absolute Gasteiger partial charge is 0.478 e. The van der Waals surface area contributed by atoms with Gasteiger partial charge in [0.2, 0.25) is 0 Å². The molecule has 3 aromatic rings. The molecule has 0 aliphatic rings. The van der Waals surface area contributed by atoms with E-state index in [4.69, 9.17) is 0 Å². The van der Waals surface area contributed by atoms with Crippen molar-refractivity contribution in [1.29, 1.82) is 0 Å². The van der Waals surface area contributed by atoms with Crippen LogP contribution in [0.25, 0.3) is 21.6 Å². The highest BCUT2D eigenvalue weighted by Gasteiger charge is 2.19. The highest BCUT2D eigenvalue weighted by molar-refractivity contribution is 7.17. The number of rotatable bonds is 4. The lowest BCUT2D eigenvalue weighted by Gasteiger charge is -2.11. The zero-order valence-corrected chi connectivity index (χ0v) is 13.3. The first kappa shape index (κ1) is 15.2. The van der Waals surface area contributed by atoms with E-state index in [0.717, 1.165) is 22.5 Å². The summed E-state index contributed by atoms with van der Waals surface area (Å²) in [5, 5.41) is 10.9. The Morgan fingerprint density at radius 3 is 2.70 bits per heavy atom. The fourth-order valence-corrected chi connectivity index (χ4v) is 3.31. The minimum atomic E-state index is -1.12. The molecule has 5 nitrogen and oxygen atoms in total. The van der Waals surface area contributed by atoms with Crippen molar-refractivity contribution >= 4 is 27.5 Å². The van der Waals surface area contributed by atoms with Crippen LogP contribution in [0.5, 0.6) is 0 Å². The van der Waals surface area contributed by atoms with Crippen LogP contribution in [0.4, 0.5) is 0 Å². The Morgan fingerprint density at radius 1 is 1.39 bits per heavy atom. The second-order valence-corrected chi connectivity index (χ2v) is 6.00. The van der Waals surface area contributed by atoms with Crippen molar-refractivity contribution in [3.8, 4) is 11.4 Å². The number of fused-ring (bicyclic) bond motifs is 1. The lowest BCUT2D eigenvalue weighted by Crippen LogP contribution is -2.23. The van der Waals surface area contributed by atoms with Gasteiger partial charge in [0.25, 0.3) is 5.56 Å². The lowest BCUT2D eigenvalue weighted by atomic mass is 10.1. The SMILES string of the molecule is C=CCn1c(-c2ccc(C)cc2)nc2scc(C(=O)O)c2c1=O. The number of nitrogens with zero attached hydrogens (tertiary/aromatic N) is 2. The third-order valence-electron chi connectivity index (χ3n) is 3.55. The van der Waals surface area contributed by atoms with Crippen LogP contribution in [0.1, 0.15) is 15.9 Å². The number of aryl methyl sites for hydroxylation is 1. The molecule has 6 heteroatoms. The molecule has 0 spiro atoms. The van der Waals surface area contributed by atoms with Gasteiger partial charge in [0.1, 0.15) is 10.7 Å². The molecule has 2 heterocycles. The van der Waals surface area contributed by atoms with Crippen molar-refractivity contribution in [2.24, 2.45) is 0 Å². The molecular formula is C17H14N2O3S. The maximum absolute atomic E-state index is 12.8. The molecule has 0 fully saturated rings. The Kier molecular flexibility index (Phi) is 3.83. The minimum absolute atomic E-state index is 0.00392. The highest BCUT2D eigenvalue weighted by Crippen LogP contribution is 2.25. The minimum Gasteiger partial charge on any atom is -0.478 e. The molecule has 0 bridgehead atoms. The van der Waals surface area contributed by atoms with Crippen LogP contribution < -0.4 is 5.56 Å². The molecule has 1 N–H and O–H groups in total. The number of aromatic nitrogens is 2. The number of hydrogen-bond donors (Lipinski definition) is 1. The number of allylic oxidation sites excluding steroid dienone is 1. The molecular weight excluding hydrogens is 312 g/mol. The molecule has 1 aromatic carbocycles. The summed E-state index contributed by atoms with van der Waals surface area (Å²) in [6.07, 6.45) is 1.60. The van der Waals surface area contributed by atoms with E-state index in [-0.39, 0.29) is 23.1 Å². The summed E-state index contributed by atoms with van der Waals surface area (Å²) in [7, 11) is 0. The quantitative estimate of drug-likeness (QED) is 0.747. The van der Waals surface area contributed by atoms with E-state index in [1.165, 1.54) is 9.95 Å². The van der Waals surface area contributed by atoms with Crippen LogP contribution in [0.3, 0.4) is 0 Å². The zero-order valence-electron chi connectivity index (χ0n) is 12.4. The van der Waals surface area contributed by atoms with Gasteiger partial charge >= 0.3 is 5.97 Å². The first-order valence-electron chi connectivity index (χ1n) is 6.96. The van der Waals surface area contributed by atoms with Gasteiger partial charge in [-0.05, 0) is 6.92 Å². The Labute approximate surface area is 136 Å². The standard InChI is InChI=1S/C17H14N2O3S/c1-3-8-19-14(11-6-4-10(2)5-7-11)18-15-13(16(19)20)12(9-23-15)17(21)22/h3-7,9H,1,8H2,2H3,(H,21,22). The molecule has 0 saturated heterocycles. The van der Waals surface area contributed by atoms with Gasteiger partial charge in [-0.15, -0.1) is 17.9 Å². The van der Waals surface area contributed by atoms with E-state index < -0.39 is 5.97 Å².